The normalized spacial score (nSPS) is 10.7. The lowest BCUT2D eigenvalue weighted by atomic mass is 10.2. The Labute approximate surface area is 120 Å². The minimum absolute atomic E-state index is 0.0418. The molecule has 1 heterocycles. The van der Waals surface area contributed by atoms with E-state index < -0.39 is 5.97 Å². The van der Waals surface area contributed by atoms with Crippen molar-refractivity contribution in [1.82, 2.24) is 14.8 Å². The third kappa shape index (κ3) is 3.58. The van der Waals surface area contributed by atoms with Crippen molar-refractivity contribution in [2.45, 2.75) is 11.7 Å². The number of carbonyl (C=O) groups is 1. The zero-order valence-electron chi connectivity index (χ0n) is 11.0. The maximum Gasteiger partial charge on any atom is 0.313 e. The van der Waals surface area contributed by atoms with Crippen LogP contribution in [-0.4, -0.2) is 45.3 Å². The van der Waals surface area contributed by atoms with Gasteiger partial charge in [-0.15, -0.1) is 10.2 Å². The van der Waals surface area contributed by atoms with E-state index >= 15 is 0 Å². The van der Waals surface area contributed by atoms with Crippen LogP contribution in [0.3, 0.4) is 0 Å². The van der Waals surface area contributed by atoms with E-state index in [1.165, 1.54) is 0 Å². The highest BCUT2D eigenvalue weighted by Gasteiger charge is 2.14. The standard InChI is InChI=1S/C13H15N3O3S/c1-19-8-7-16-12(10-5-3-2-4-6-10)14-15-13(16)20-9-11(17)18/h2-6H,7-9H2,1H3,(H,17,18). The number of carboxylic acid groups (broad SMARTS) is 1. The molecule has 7 heteroatoms. The van der Waals surface area contributed by atoms with Crippen molar-refractivity contribution in [3.05, 3.63) is 30.3 Å². The van der Waals surface area contributed by atoms with Gasteiger partial charge in [0.1, 0.15) is 0 Å². The van der Waals surface area contributed by atoms with Crippen LogP contribution in [0, 0.1) is 0 Å². The Morgan fingerprint density at radius 1 is 1.35 bits per heavy atom. The topological polar surface area (TPSA) is 77.2 Å². The highest BCUT2D eigenvalue weighted by molar-refractivity contribution is 7.99. The van der Waals surface area contributed by atoms with Crippen LogP contribution >= 0.6 is 11.8 Å². The Kier molecular flexibility index (Phi) is 5.14. The molecule has 0 aliphatic carbocycles. The smallest absolute Gasteiger partial charge is 0.313 e. The predicted octanol–water partition coefficient (Wildman–Crippen LogP) is 1.77. The van der Waals surface area contributed by atoms with Gasteiger partial charge in [-0.05, 0) is 0 Å². The quantitative estimate of drug-likeness (QED) is 0.784. The van der Waals surface area contributed by atoms with Crippen molar-refractivity contribution in [3.8, 4) is 11.4 Å². The average molecular weight is 293 g/mol. The summed E-state index contributed by atoms with van der Waals surface area (Å²) in [7, 11) is 1.62. The van der Waals surface area contributed by atoms with Gasteiger partial charge in [0.05, 0.1) is 18.9 Å². The highest BCUT2D eigenvalue weighted by Crippen LogP contribution is 2.23. The molecule has 6 nitrogen and oxygen atoms in total. The van der Waals surface area contributed by atoms with Crippen LogP contribution < -0.4 is 0 Å². The maximum atomic E-state index is 10.7. The van der Waals surface area contributed by atoms with Gasteiger partial charge in [-0.3, -0.25) is 9.36 Å². The molecule has 0 aliphatic heterocycles. The molecule has 1 aromatic carbocycles. The molecule has 0 spiro atoms. The van der Waals surface area contributed by atoms with Gasteiger partial charge in [0.25, 0.3) is 0 Å². The van der Waals surface area contributed by atoms with Crippen LogP contribution in [0.1, 0.15) is 0 Å². The summed E-state index contributed by atoms with van der Waals surface area (Å²) in [5.41, 5.74) is 0.943. The molecule has 0 amide bonds. The minimum atomic E-state index is -0.877. The molecule has 20 heavy (non-hydrogen) atoms. The first-order valence-electron chi connectivity index (χ1n) is 6.04. The minimum Gasteiger partial charge on any atom is -0.481 e. The molecular weight excluding hydrogens is 278 g/mol. The highest BCUT2D eigenvalue weighted by atomic mass is 32.2. The van der Waals surface area contributed by atoms with Gasteiger partial charge in [0, 0.05) is 12.7 Å². The van der Waals surface area contributed by atoms with E-state index in [1.807, 2.05) is 34.9 Å². The van der Waals surface area contributed by atoms with E-state index in [1.54, 1.807) is 7.11 Å². The average Bonchev–Trinajstić information content (AvgIpc) is 2.86. The summed E-state index contributed by atoms with van der Waals surface area (Å²) in [6, 6.07) is 9.67. The Hall–Kier alpha value is -1.86. The van der Waals surface area contributed by atoms with E-state index in [9.17, 15) is 4.79 Å². The van der Waals surface area contributed by atoms with Crippen LogP contribution in [0.5, 0.6) is 0 Å². The second kappa shape index (κ2) is 7.06. The van der Waals surface area contributed by atoms with Gasteiger partial charge in [0.2, 0.25) is 0 Å². The molecule has 1 N–H and O–H groups in total. The maximum absolute atomic E-state index is 10.7. The van der Waals surface area contributed by atoms with E-state index in [-0.39, 0.29) is 5.75 Å². The lowest BCUT2D eigenvalue weighted by molar-refractivity contribution is -0.133. The number of thioether (sulfide) groups is 1. The molecule has 0 saturated carbocycles. The molecule has 0 bridgehead atoms. The van der Waals surface area contributed by atoms with Crippen molar-refractivity contribution in [2.75, 3.05) is 19.5 Å². The Bertz CT molecular complexity index is 571. The molecular formula is C13H15N3O3S. The molecule has 0 radical (unpaired) electrons. The number of methoxy groups -OCH3 is 1. The zero-order chi connectivity index (χ0) is 14.4. The van der Waals surface area contributed by atoms with Gasteiger partial charge >= 0.3 is 5.97 Å². The number of benzene rings is 1. The predicted molar refractivity (Wildman–Crippen MR) is 75.7 cm³/mol. The number of hydrogen-bond acceptors (Lipinski definition) is 5. The number of hydrogen-bond donors (Lipinski definition) is 1. The van der Waals surface area contributed by atoms with Crippen LogP contribution in [0.4, 0.5) is 0 Å². The van der Waals surface area contributed by atoms with Gasteiger partial charge in [-0.2, -0.15) is 0 Å². The van der Waals surface area contributed by atoms with Crippen molar-refractivity contribution in [2.24, 2.45) is 0 Å². The third-order valence-corrected chi connectivity index (χ3v) is 3.54. The molecule has 2 rings (SSSR count). The van der Waals surface area contributed by atoms with Gasteiger partial charge in [-0.1, -0.05) is 42.1 Å². The van der Waals surface area contributed by atoms with Gasteiger partial charge in [0.15, 0.2) is 11.0 Å². The van der Waals surface area contributed by atoms with Gasteiger partial charge < -0.3 is 9.84 Å². The summed E-state index contributed by atoms with van der Waals surface area (Å²) in [5.74, 6) is -0.201. The van der Waals surface area contributed by atoms with E-state index in [4.69, 9.17) is 9.84 Å². The van der Waals surface area contributed by atoms with Crippen molar-refractivity contribution >= 4 is 17.7 Å². The lowest BCUT2D eigenvalue weighted by Crippen LogP contribution is -2.08. The largest absolute Gasteiger partial charge is 0.481 e. The molecule has 1 aromatic heterocycles. The summed E-state index contributed by atoms with van der Waals surface area (Å²) in [6.07, 6.45) is 0. The lowest BCUT2D eigenvalue weighted by Gasteiger charge is -2.08. The Morgan fingerprint density at radius 3 is 2.75 bits per heavy atom. The van der Waals surface area contributed by atoms with Crippen molar-refractivity contribution < 1.29 is 14.6 Å². The van der Waals surface area contributed by atoms with Crippen LogP contribution in [-0.2, 0) is 16.1 Å². The van der Waals surface area contributed by atoms with Gasteiger partial charge in [-0.25, -0.2) is 0 Å². The molecule has 0 saturated heterocycles. The number of aliphatic carboxylic acids is 1. The number of ether oxygens (including phenoxy) is 1. The number of nitrogens with zero attached hydrogens (tertiary/aromatic N) is 3. The van der Waals surface area contributed by atoms with Crippen molar-refractivity contribution in [3.63, 3.8) is 0 Å². The summed E-state index contributed by atoms with van der Waals surface area (Å²) < 4.78 is 6.97. The summed E-state index contributed by atoms with van der Waals surface area (Å²) in [4.78, 5) is 10.7. The fourth-order valence-corrected chi connectivity index (χ4v) is 2.39. The Morgan fingerprint density at radius 2 is 2.10 bits per heavy atom. The fourth-order valence-electron chi connectivity index (χ4n) is 1.71. The van der Waals surface area contributed by atoms with E-state index in [2.05, 4.69) is 10.2 Å². The summed E-state index contributed by atoms with van der Waals surface area (Å²) in [5, 5.41) is 17.6. The molecule has 2 aromatic rings. The zero-order valence-corrected chi connectivity index (χ0v) is 11.8. The van der Waals surface area contributed by atoms with Crippen molar-refractivity contribution in [1.29, 1.82) is 0 Å². The first-order valence-corrected chi connectivity index (χ1v) is 7.03. The second-order valence-corrected chi connectivity index (χ2v) is 4.94. The van der Waals surface area contributed by atoms with Crippen LogP contribution in [0.15, 0.2) is 35.5 Å². The van der Waals surface area contributed by atoms with Crippen LogP contribution in [0.2, 0.25) is 0 Å². The van der Waals surface area contributed by atoms with E-state index in [0.29, 0.717) is 18.3 Å². The number of aromatic nitrogens is 3. The Balaban J connectivity index is 2.29. The molecule has 0 atom stereocenters. The fraction of sp³-hybridized carbons (Fsp3) is 0.308. The molecule has 0 fully saturated rings. The monoisotopic (exact) mass is 293 g/mol. The second-order valence-electron chi connectivity index (χ2n) is 4.00. The first-order chi connectivity index (χ1) is 9.72. The molecule has 0 unspecified atom stereocenters. The summed E-state index contributed by atoms with van der Waals surface area (Å²) >= 11 is 1.16. The first kappa shape index (κ1) is 14.5. The number of carboxylic acids is 1. The molecule has 0 aliphatic rings. The number of rotatable bonds is 7. The molecule has 106 valence electrons. The third-order valence-electron chi connectivity index (χ3n) is 2.59. The summed E-state index contributed by atoms with van der Waals surface area (Å²) in [6.45, 7) is 1.09. The SMILES string of the molecule is COCCn1c(SCC(=O)O)nnc1-c1ccccc1. The van der Waals surface area contributed by atoms with E-state index in [0.717, 1.165) is 23.1 Å². The van der Waals surface area contributed by atoms with Crippen LogP contribution in [0.25, 0.3) is 11.4 Å².